The van der Waals surface area contributed by atoms with E-state index in [1.54, 1.807) is 48.5 Å². The lowest BCUT2D eigenvalue weighted by Gasteiger charge is -2.30. The Kier molecular flexibility index (Phi) is 5.71. The zero-order valence-corrected chi connectivity index (χ0v) is 16.5. The third kappa shape index (κ3) is 4.22. The Labute approximate surface area is 173 Å². The summed E-state index contributed by atoms with van der Waals surface area (Å²) in [5, 5.41) is 3.61. The fourth-order valence-corrected chi connectivity index (χ4v) is 3.80. The second-order valence-corrected chi connectivity index (χ2v) is 7.47. The Morgan fingerprint density at radius 1 is 1.00 bits per heavy atom. The first-order chi connectivity index (χ1) is 14.1. The molecule has 150 valence electrons. The van der Waals surface area contributed by atoms with Crippen LogP contribution < -0.4 is 10.2 Å². The zero-order chi connectivity index (χ0) is 20.2. The van der Waals surface area contributed by atoms with Gasteiger partial charge in [-0.05, 0) is 61.4 Å². The van der Waals surface area contributed by atoms with E-state index in [4.69, 9.17) is 20.4 Å². The number of nitrogens with zero attached hydrogens (tertiary/aromatic N) is 1. The Balaban J connectivity index is 1.75. The van der Waals surface area contributed by atoms with Gasteiger partial charge in [-0.2, -0.15) is 0 Å². The van der Waals surface area contributed by atoms with Crippen LogP contribution in [0.4, 0.5) is 5.69 Å². The first-order valence-corrected chi connectivity index (χ1v) is 9.97. The summed E-state index contributed by atoms with van der Waals surface area (Å²) < 4.78 is 10.9. The molecule has 0 aliphatic heterocycles. The SMILES string of the molecule is O=C(NC1CCCC1)C(c1ccco1)N(C(=O)c1ccco1)c1ccc(Cl)cc1. The van der Waals surface area contributed by atoms with E-state index in [0.29, 0.717) is 16.5 Å². The van der Waals surface area contributed by atoms with E-state index in [1.165, 1.54) is 17.4 Å². The summed E-state index contributed by atoms with van der Waals surface area (Å²) in [5.74, 6) is -0.234. The van der Waals surface area contributed by atoms with Crippen molar-refractivity contribution in [2.45, 2.75) is 37.8 Å². The Morgan fingerprint density at radius 3 is 2.31 bits per heavy atom. The van der Waals surface area contributed by atoms with Crippen molar-refractivity contribution in [3.63, 3.8) is 0 Å². The number of benzene rings is 1. The highest BCUT2D eigenvalue weighted by molar-refractivity contribution is 6.30. The third-order valence-corrected chi connectivity index (χ3v) is 5.33. The molecule has 0 radical (unpaired) electrons. The number of amides is 2. The van der Waals surface area contributed by atoms with E-state index < -0.39 is 11.9 Å². The van der Waals surface area contributed by atoms with E-state index >= 15 is 0 Å². The molecule has 1 unspecified atom stereocenters. The fourth-order valence-electron chi connectivity index (χ4n) is 3.68. The van der Waals surface area contributed by atoms with E-state index in [9.17, 15) is 9.59 Å². The number of anilines is 1. The molecule has 1 aliphatic carbocycles. The maximum atomic E-state index is 13.3. The van der Waals surface area contributed by atoms with E-state index in [1.807, 2.05) is 0 Å². The highest BCUT2D eigenvalue weighted by Gasteiger charge is 2.37. The van der Waals surface area contributed by atoms with Crippen molar-refractivity contribution in [1.29, 1.82) is 0 Å². The molecule has 1 N–H and O–H groups in total. The lowest BCUT2D eigenvalue weighted by atomic mass is 10.1. The second-order valence-electron chi connectivity index (χ2n) is 7.04. The van der Waals surface area contributed by atoms with Gasteiger partial charge < -0.3 is 14.2 Å². The molecule has 1 atom stereocenters. The van der Waals surface area contributed by atoms with E-state index in [-0.39, 0.29) is 17.7 Å². The summed E-state index contributed by atoms with van der Waals surface area (Å²) in [6.45, 7) is 0. The number of rotatable bonds is 6. The number of halogens is 1. The number of furan rings is 2. The highest BCUT2D eigenvalue weighted by Crippen LogP contribution is 2.31. The van der Waals surface area contributed by atoms with Crippen molar-refractivity contribution in [2.75, 3.05) is 4.90 Å². The van der Waals surface area contributed by atoms with Gasteiger partial charge in [-0.25, -0.2) is 0 Å². The van der Waals surface area contributed by atoms with Gasteiger partial charge in [0.2, 0.25) is 0 Å². The molecule has 0 spiro atoms. The topological polar surface area (TPSA) is 75.7 Å². The summed E-state index contributed by atoms with van der Waals surface area (Å²) in [6.07, 6.45) is 6.95. The molecular weight excluding hydrogens is 392 g/mol. The first kappa shape index (κ1) is 19.3. The van der Waals surface area contributed by atoms with Gasteiger partial charge in [0.25, 0.3) is 11.8 Å². The fraction of sp³-hybridized carbons (Fsp3) is 0.273. The molecule has 1 aromatic carbocycles. The van der Waals surface area contributed by atoms with Gasteiger partial charge in [0.15, 0.2) is 11.8 Å². The normalized spacial score (nSPS) is 15.2. The lowest BCUT2D eigenvalue weighted by Crippen LogP contribution is -2.46. The molecule has 0 saturated heterocycles. The maximum Gasteiger partial charge on any atom is 0.295 e. The van der Waals surface area contributed by atoms with Crippen LogP contribution in [0.5, 0.6) is 0 Å². The van der Waals surface area contributed by atoms with Gasteiger partial charge >= 0.3 is 0 Å². The summed E-state index contributed by atoms with van der Waals surface area (Å²) in [5.41, 5.74) is 0.513. The number of hydrogen-bond acceptors (Lipinski definition) is 4. The van der Waals surface area contributed by atoms with E-state index in [2.05, 4.69) is 5.32 Å². The van der Waals surface area contributed by atoms with Crippen LogP contribution in [0.25, 0.3) is 0 Å². The molecule has 1 saturated carbocycles. The quantitative estimate of drug-likeness (QED) is 0.620. The predicted molar refractivity (Wildman–Crippen MR) is 109 cm³/mol. The van der Waals surface area contributed by atoms with Crippen LogP contribution in [-0.2, 0) is 4.79 Å². The molecule has 1 fully saturated rings. The molecular formula is C22H21ClN2O4. The van der Waals surface area contributed by atoms with Crippen molar-refractivity contribution < 1.29 is 18.4 Å². The van der Waals surface area contributed by atoms with Crippen molar-refractivity contribution >= 4 is 29.1 Å². The summed E-state index contributed by atoms with van der Waals surface area (Å²) >= 11 is 6.03. The van der Waals surface area contributed by atoms with Crippen molar-refractivity contribution in [3.05, 3.63) is 77.6 Å². The average Bonchev–Trinajstić information content (AvgIpc) is 3.49. The van der Waals surface area contributed by atoms with Crippen molar-refractivity contribution in [1.82, 2.24) is 5.32 Å². The van der Waals surface area contributed by atoms with Gasteiger partial charge in [-0.15, -0.1) is 0 Å². The molecule has 0 bridgehead atoms. The molecule has 2 heterocycles. The lowest BCUT2D eigenvalue weighted by molar-refractivity contribution is -0.123. The minimum Gasteiger partial charge on any atom is -0.467 e. The number of carbonyl (C=O) groups is 2. The van der Waals surface area contributed by atoms with Gasteiger partial charge in [0.05, 0.1) is 12.5 Å². The number of hydrogen-bond donors (Lipinski definition) is 1. The second kappa shape index (κ2) is 8.57. The first-order valence-electron chi connectivity index (χ1n) is 9.60. The molecule has 7 heteroatoms. The van der Waals surface area contributed by atoms with Crippen LogP contribution in [0.15, 0.2) is 69.9 Å². The zero-order valence-electron chi connectivity index (χ0n) is 15.7. The monoisotopic (exact) mass is 412 g/mol. The third-order valence-electron chi connectivity index (χ3n) is 5.08. The Bertz CT molecular complexity index is 945. The van der Waals surface area contributed by atoms with Gasteiger partial charge in [-0.3, -0.25) is 14.5 Å². The standard InChI is InChI=1S/C22H21ClN2O4/c23-15-9-11-17(12-10-15)25(22(27)19-8-4-14-29-19)20(18-7-3-13-28-18)21(26)24-16-5-1-2-6-16/h3-4,7-14,16,20H,1-2,5-6H2,(H,24,26). The minimum absolute atomic E-state index is 0.103. The van der Waals surface area contributed by atoms with Crippen LogP contribution in [0, 0.1) is 0 Å². The van der Waals surface area contributed by atoms with Gasteiger partial charge in [0, 0.05) is 16.8 Å². The molecule has 6 nitrogen and oxygen atoms in total. The smallest absolute Gasteiger partial charge is 0.295 e. The van der Waals surface area contributed by atoms with Crippen LogP contribution >= 0.6 is 11.6 Å². The van der Waals surface area contributed by atoms with E-state index in [0.717, 1.165) is 25.7 Å². The van der Waals surface area contributed by atoms with Crippen LogP contribution in [0.3, 0.4) is 0 Å². The summed E-state index contributed by atoms with van der Waals surface area (Å²) in [4.78, 5) is 28.1. The molecule has 29 heavy (non-hydrogen) atoms. The highest BCUT2D eigenvalue weighted by atomic mass is 35.5. The molecule has 2 amide bonds. The molecule has 4 rings (SSSR count). The van der Waals surface area contributed by atoms with Crippen LogP contribution in [0.2, 0.25) is 5.02 Å². The maximum absolute atomic E-state index is 13.3. The molecule has 3 aromatic rings. The molecule has 1 aliphatic rings. The van der Waals surface area contributed by atoms with Crippen LogP contribution in [0.1, 0.15) is 48.0 Å². The predicted octanol–water partition coefficient (Wildman–Crippen LogP) is 4.97. The van der Waals surface area contributed by atoms with Gasteiger partial charge in [-0.1, -0.05) is 24.4 Å². The average molecular weight is 413 g/mol. The van der Waals surface area contributed by atoms with Crippen molar-refractivity contribution in [2.24, 2.45) is 0 Å². The Morgan fingerprint density at radius 2 is 1.69 bits per heavy atom. The van der Waals surface area contributed by atoms with Crippen LogP contribution in [-0.4, -0.2) is 17.9 Å². The number of nitrogens with one attached hydrogen (secondary N) is 1. The minimum atomic E-state index is -0.982. The molecule has 2 aromatic heterocycles. The Hall–Kier alpha value is -2.99. The number of carbonyl (C=O) groups excluding carboxylic acids is 2. The van der Waals surface area contributed by atoms with Crippen molar-refractivity contribution in [3.8, 4) is 0 Å². The summed E-state index contributed by atoms with van der Waals surface area (Å²) in [7, 11) is 0. The largest absolute Gasteiger partial charge is 0.467 e. The summed E-state index contributed by atoms with van der Waals surface area (Å²) in [6, 6.07) is 12.5. The van der Waals surface area contributed by atoms with Gasteiger partial charge in [0.1, 0.15) is 5.76 Å².